The monoisotopic (exact) mass is 212 g/mol. The summed E-state index contributed by atoms with van der Waals surface area (Å²) in [6.45, 7) is 8.49. The SMILES string of the molecule is CCCCC1NC(C)N(C(C)CC)C1=O. The molecule has 88 valence electrons. The number of carbonyl (C=O) groups is 1. The number of unbranched alkanes of at least 4 members (excludes halogenated alkanes) is 1. The minimum absolute atomic E-state index is 0.0638. The summed E-state index contributed by atoms with van der Waals surface area (Å²) in [7, 11) is 0. The minimum atomic E-state index is 0.0638. The molecule has 0 saturated carbocycles. The predicted molar refractivity (Wildman–Crippen MR) is 62.5 cm³/mol. The van der Waals surface area contributed by atoms with Gasteiger partial charge in [-0.05, 0) is 26.7 Å². The number of hydrogen-bond donors (Lipinski definition) is 1. The van der Waals surface area contributed by atoms with E-state index in [9.17, 15) is 4.79 Å². The Morgan fingerprint density at radius 2 is 2.13 bits per heavy atom. The van der Waals surface area contributed by atoms with Gasteiger partial charge in [0.1, 0.15) is 0 Å². The Kier molecular flexibility index (Phi) is 4.58. The lowest BCUT2D eigenvalue weighted by atomic mass is 10.1. The van der Waals surface area contributed by atoms with Crippen molar-refractivity contribution in [3.8, 4) is 0 Å². The lowest BCUT2D eigenvalue weighted by Gasteiger charge is -2.27. The maximum Gasteiger partial charge on any atom is 0.241 e. The normalized spacial score (nSPS) is 28.5. The first-order chi connectivity index (χ1) is 7.11. The molecule has 1 fully saturated rings. The second kappa shape index (κ2) is 5.50. The fourth-order valence-electron chi connectivity index (χ4n) is 2.22. The highest BCUT2D eigenvalue weighted by molar-refractivity contribution is 5.84. The van der Waals surface area contributed by atoms with E-state index < -0.39 is 0 Å². The molecule has 1 amide bonds. The summed E-state index contributed by atoms with van der Waals surface area (Å²) in [6.07, 6.45) is 4.49. The van der Waals surface area contributed by atoms with Crippen LogP contribution < -0.4 is 5.32 Å². The van der Waals surface area contributed by atoms with Crippen LogP contribution in [0.4, 0.5) is 0 Å². The van der Waals surface area contributed by atoms with Crippen molar-refractivity contribution in [1.29, 1.82) is 0 Å². The Hall–Kier alpha value is -0.570. The predicted octanol–water partition coefficient (Wildman–Crippen LogP) is 2.12. The Morgan fingerprint density at radius 1 is 1.47 bits per heavy atom. The Labute approximate surface area is 93.2 Å². The van der Waals surface area contributed by atoms with Gasteiger partial charge < -0.3 is 4.90 Å². The van der Waals surface area contributed by atoms with Crippen LogP contribution in [-0.4, -0.2) is 29.1 Å². The molecule has 3 nitrogen and oxygen atoms in total. The average Bonchev–Trinajstić information content (AvgIpc) is 2.50. The van der Waals surface area contributed by atoms with Crippen molar-refractivity contribution < 1.29 is 4.79 Å². The third kappa shape index (κ3) is 2.71. The standard InChI is InChI=1S/C12H24N2O/c1-5-7-8-11-12(15)14(9(3)6-2)10(4)13-11/h9-11,13H,5-8H2,1-4H3. The molecule has 0 aromatic rings. The number of amides is 1. The van der Waals surface area contributed by atoms with Crippen molar-refractivity contribution in [3.63, 3.8) is 0 Å². The molecule has 1 heterocycles. The molecule has 3 unspecified atom stereocenters. The van der Waals surface area contributed by atoms with E-state index in [0.29, 0.717) is 11.9 Å². The second-order valence-electron chi connectivity index (χ2n) is 4.54. The molecule has 0 aromatic carbocycles. The van der Waals surface area contributed by atoms with E-state index in [1.54, 1.807) is 0 Å². The largest absolute Gasteiger partial charge is 0.323 e. The topological polar surface area (TPSA) is 32.3 Å². The lowest BCUT2D eigenvalue weighted by Crippen LogP contribution is -2.41. The Morgan fingerprint density at radius 3 is 2.67 bits per heavy atom. The van der Waals surface area contributed by atoms with E-state index in [2.05, 4.69) is 33.0 Å². The Bertz CT molecular complexity index is 218. The van der Waals surface area contributed by atoms with Crippen LogP contribution in [0.3, 0.4) is 0 Å². The number of carbonyl (C=O) groups excluding carboxylic acids is 1. The summed E-state index contributed by atoms with van der Waals surface area (Å²) in [5, 5.41) is 3.38. The van der Waals surface area contributed by atoms with Crippen LogP contribution in [0.15, 0.2) is 0 Å². The fraction of sp³-hybridized carbons (Fsp3) is 0.917. The summed E-state index contributed by atoms with van der Waals surface area (Å²) >= 11 is 0. The van der Waals surface area contributed by atoms with Crippen LogP contribution in [0.5, 0.6) is 0 Å². The minimum Gasteiger partial charge on any atom is -0.323 e. The first-order valence-corrected chi connectivity index (χ1v) is 6.20. The van der Waals surface area contributed by atoms with Crippen LogP contribution in [0, 0.1) is 0 Å². The zero-order chi connectivity index (χ0) is 11.4. The highest BCUT2D eigenvalue weighted by Crippen LogP contribution is 2.19. The molecule has 1 rings (SSSR count). The van der Waals surface area contributed by atoms with Gasteiger partial charge in [-0.15, -0.1) is 0 Å². The molecule has 3 heteroatoms. The molecule has 0 bridgehead atoms. The summed E-state index contributed by atoms with van der Waals surface area (Å²) in [5.41, 5.74) is 0. The van der Waals surface area contributed by atoms with Gasteiger partial charge in [-0.25, -0.2) is 0 Å². The molecule has 1 N–H and O–H groups in total. The first kappa shape index (κ1) is 12.5. The molecule has 0 aromatic heterocycles. The number of rotatable bonds is 5. The van der Waals surface area contributed by atoms with E-state index in [4.69, 9.17) is 0 Å². The quantitative estimate of drug-likeness (QED) is 0.757. The Balaban J connectivity index is 2.57. The van der Waals surface area contributed by atoms with Crippen molar-refractivity contribution in [3.05, 3.63) is 0 Å². The average molecular weight is 212 g/mol. The molecular weight excluding hydrogens is 188 g/mol. The highest BCUT2D eigenvalue weighted by Gasteiger charge is 2.37. The number of hydrogen-bond acceptors (Lipinski definition) is 2. The van der Waals surface area contributed by atoms with Crippen LogP contribution in [0.2, 0.25) is 0 Å². The molecule has 1 saturated heterocycles. The fourth-order valence-corrected chi connectivity index (χ4v) is 2.22. The van der Waals surface area contributed by atoms with Gasteiger partial charge in [0.05, 0.1) is 12.2 Å². The van der Waals surface area contributed by atoms with Crippen molar-refractivity contribution in [2.75, 3.05) is 0 Å². The molecule has 3 atom stereocenters. The molecule has 1 aliphatic heterocycles. The second-order valence-corrected chi connectivity index (χ2v) is 4.54. The lowest BCUT2D eigenvalue weighted by molar-refractivity contribution is -0.131. The third-order valence-electron chi connectivity index (χ3n) is 3.32. The van der Waals surface area contributed by atoms with Gasteiger partial charge in [0.25, 0.3) is 0 Å². The molecule has 0 aliphatic carbocycles. The van der Waals surface area contributed by atoms with Gasteiger partial charge in [-0.2, -0.15) is 0 Å². The third-order valence-corrected chi connectivity index (χ3v) is 3.32. The number of nitrogens with one attached hydrogen (secondary N) is 1. The van der Waals surface area contributed by atoms with E-state index in [-0.39, 0.29) is 12.2 Å². The van der Waals surface area contributed by atoms with Crippen LogP contribution in [-0.2, 0) is 4.79 Å². The van der Waals surface area contributed by atoms with Crippen LogP contribution >= 0.6 is 0 Å². The maximum absolute atomic E-state index is 12.1. The van der Waals surface area contributed by atoms with E-state index >= 15 is 0 Å². The van der Waals surface area contributed by atoms with E-state index in [1.165, 1.54) is 0 Å². The molecule has 1 aliphatic rings. The van der Waals surface area contributed by atoms with Crippen LogP contribution in [0.25, 0.3) is 0 Å². The zero-order valence-electron chi connectivity index (χ0n) is 10.4. The summed E-state index contributed by atoms with van der Waals surface area (Å²) < 4.78 is 0. The van der Waals surface area contributed by atoms with Crippen molar-refractivity contribution >= 4 is 5.91 Å². The van der Waals surface area contributed by atoms with Crippen LogP contribution in [0.1, 0.15) is 53.4 Å². The summed E-state index contributed by atoms with van der Waals surface area (Å²) in [4.78, 5) is 14.1. The van der Waals surface area contributed by atoms with Gasteiger partial charge in [0.15, 0.2) is 0 Å². The molecular formula is C12H24N2O. The summed E-state index contributed by atoms with van der Waals surface area (Å²) in [5.74, 6) is 0.297. The smallest absolute Gasteiger partial charge is 0.241 e. The van der Waals surface area contributed by atoms with Gasteiger partial charge in [0, 0.05) is 6.04 Å². The molecule has 0 spiro atoms. The first-order valence-electron chi connectivity index (χ1n) is 6.20. The van der Waals surface area contributed by atoms with Crippen molar-refractivity contribution in [1.82, 2.24) is 10.2 Å². The van der Waals surface area contributed by atoms with Gasteiger partial charge in [0.2, 0.25) is 5.91 Å². The number of nitrogens with zero attached hydrogens (tertiary/aromatic N) is 1. The van der Waals surface area contributed by atoms with E-state index in [1.807, 2.05) is 4.90 Å². The van der Waals surface area contributed by atoms with E-state index in [0.717, 1.165) is 25.7 Å². The van der Waals surface area contributed by atoms with Crippen molar-refractivity contribution in [2.24, 2.45) is 0 Å². The summed E-state index contributed by atoms with van der Waals surface area (Å²) in [6, 6.07) is 0.417. The maximum atomic E-state index is 12.1. The molecule has 0 radical (unpaired) electrons. The highest BCUT2D eigenvalue weighted by atomic mass is 16.2. The molecule has 15 heavy (non-hydrogen) atoms. The van der Waals surface area contributed by atoms with Gasteiger partial charge in [-0.3, -0.25) is 10.1 Å². The zero-order valence-corrected chi connectivity index (χ0v) is 10.4. The van der Waals surface area contributed by atoms with Gasteiger partial charge >= 0.3 is 0 Å². The van der Waals surface area contributed by atoms with Crippen molar-refractivity contribution in [2.45, 2.75) is 71.6 Å². The van der Waals surface area contributed by atoms with Gasteiger partial charge in [-0.1, -0.05) is 26.7 Å².